The number of nitrogens with zero attached hydrogens (tertiary/aromatic N) is 1. The lowest BCUT2D eigenvalue weighted by Gasteiger charge is -2.44. The van der Waals surface area contributed by atoms with Crippen LogP contribution in [0.1, 0.15) is 36.9 Å². The van der Waals surface area contributed by atoms with Gasteiger partial charge in [0.1, 0.15) is 5.75 Å². The van der Waals surface area contributed by atoms with Gasteiger partial charge in [-0.3, -0.25) is 4.90 Å². The summed E-state index contributed by atoms with van der Waals surface area (Å²) in [5, 5.41) is 3.40. The van der Waals surface area contributed by atoms with Crippen molar-refractivity contribution in [3.05, 3.63) is 29.3 Å². The summed E-state index contributed by atoms with van der Waals surface area (Å²) >= 11 is 0. The van der Waals surface area contributed by atoms with E-state index < -0.39 is 0 Å². The lowest BCUT2D eigenvalue weighted by Crippen LogP contribution is -2.58. The van der Waals surface area contributed by atoms with Crippen molar-refractivity contribution in [1.82, 2.24) is 10.2 Å². The third-order valence-electron chi connectivity index (χ3n) is 4.63. The first-order valence-corrected chi connectivity index (χ1v) is 7.46. The lowest BCUT2D eigenvalue weighted by molar-refractivity contribution is 0.0905. The summed E-state index contributed by atoms with van der Waals surface area (Å²) in [5.41, 5.74) is 3.02. The molecule has 0 bridgehead atoms. The number of rotatable bonds is 4. The SMILES string of the molecule is CCN(C1CNC1)C1CCCc2ccc(OC)cc21. The zero-order chi connectivity index (χ0) is 13.2. The lowest BCUT2D eigenvalue weighted by atomic mass is 9.85. The standard InChI is InChI=1S/C16H24N2O/c1-3-18(13-10-17-11-13)16-6-4-5-12-7-8-14(19-2)9-15(12)16/h7-9,13,16-17H,3-6,10-11H2,1-2H3. The second kappa shape index (κ2) is 5.51. The third-order valence-corrected chi connectivity index (χ3v) is 4.63. The highest BCUT2D eigenvalue weighted by molar-refractivity contribution is 5.39. The molecule has 1 N–H and O–H groups in total. The van der Waals surface area contributed by atoms with Crippen molar-refractivity contribution in [1.29, 1.82) is 0 Å². The third kappa shape index (κ3) is 2.37. The van der Waals surface area contributed by atoms with Gasteiger partial charge in [0.15, 0.2) is 0 Å². The van der Waals surface area contributed by atoms with E-state index in [1.165, 1.54) is 30.4 Å². The van der Waals surface area contributed by atoms with E-state index >= 15 is 0 Å². The van der Waals surface area contributed by atoms with E-state index in [0.29, 0.717) is 12.1 Å². The molecule has 1 atom stereocenters. The van der Waals surface area contributed by atoms with Crippen molar-refractivity contribution in [2.24, 2.45) is 0 Å². The Morgan fingerprint density at radius 1 is 1.37 bits per heavy atom. The zero-order valence-corrected chi connectivity index (χ0v) is 12.0. The molecule has 1 aromatic carbocycles. The molecule has 3 heteroatoms. The van der Waals surface area contributed by atoms with E-state index in [0.717, 1.165) is 25.4 Å². The van der Waals surface area contributed by atoms with Gasteiger partial charge in [-0.25, -0.2) is 0 Å². The molecule has 0 radical (unpaired) electrons. The Morgan fingerprint density at radius 3 is 2.84 bits per heavy atom. The maximum Gasteiger partial charge on any atom is 0.119 e. The van der Waals surface area contributed by atoms with Gasteiger partial charge in [0.05, 0.1) is 7.11 Å². The van der Waals surface area contributed by atoms with E-state index in [9.17, 15) is 0 Å². The monoisotopic (exact) mass is 260 g/mol. The predicted octanol–water partition coefficient (Wildman–Crippen LogP) is 2.37. The highest BCUT2D eigenvalue weighted by Crippen LogP contribution is 2.37. The molecule has 0 aromatic heterocycles. The number of nitrogens with one attached hydrogen (secondary N) is 1. The van der Waals surface area contributed by atoms with Gasteiger partial charge < -0.3 is 10.1 Å². The van der Waals surface area contributed by atoms with Gasteiger partial charge in [-0.05, 0) is 49.1 Å². The predicted molar refractivity (Wildman–Crippen MR) is 77.7 cm³/mol. The summed E-state index contributed by atoms with van der Waals surface area (Å²) in [4.78, 5) is 2.67. The van der Waals surface area contributed by atoms with Gasteiger partial charge in [-0.1, -0.05) is 13.0 Å². The number of hydrogen-bond acceptors (Lipinski definition) is 3. The number of ether oxygens (including phenoxy) is 1. The van der Waals surface area contributed by atoms with Gasteiger partial charge in [-0.2, -0.15) is 0 Å². The Kier molecular flexibility index (Phi) is 3.76. The topological polar surface area (TPSA) is 24.5 Å². The first-order valence-electron chi connectivity index (χ1n) is 7.46. The van der Waals surface area contributed by atoms with Crippen molar-refractivity contribution in [3.8, 4) is 5.75 Å². The maximum absolute atomic E-state index is 5.41. The molecule has 0 saturated carbocycles. The second-order valence-electron chi connectivity index (χ2n) is 5.62. The van der Waals surface area contributed by atoms with E-state index in [4.69, 9.17) is 4.74 Å². The zero-order valence-electron chi connectivity index (χ0n) is 12.0. The molecule has 0 spiro atoms. The van der Waals surface area contributed by atoms with Crippen LogP contribution in [-0.2, 0) is 6.42 Å². The van der Waals surface area contributed by atoms with Gasteiger partial charge in [-0.15, -0.1) is 0 Å². The van der Waals surface area contributed by atoms with E-state index in [1.807, 2.05) is 0 Å². The van der Waals surface area contributed by atoms with Crippen molar-refractivity contribution in [3.63, 3.8) is 0 Å². The number of hydrogen-bond donors (Lipinski definition) is 1. The van der Waals surface area contributed by atoms with Crippen molar-refractivity contribution in [2.45, 2.75) is 38.3 Å². The van der Waals surface area contributed by atoms with Crippen molar-refractivity contribution < 1.29 is 4.74 Å². The number of likely N-dealkylation sites (N-methyl/N-ethyl adjacent to an activating group) is 1. The molecule has 3 nitrogen and oxygen atoms in total. The Balaban J connectivity index is 1.91. The second-order valence-corrected chi connectivity index (χ2v) is 5.62. The number of benzene rings is 1. The van der Waals surface area contributed by atoms with Crippen LogP contribution in [0.5, 0.6) is 5.75 Å². The van der Waals surface area contributed by atoms with E-state index in [1.54, 1.807) is 7.11 Å². The minimum absolute atomic E-state index is 0.580. The molecule has 1 aromatic rings. The molecule has 104 valence electrons. The van der Waals surface area contributed by atoms with Crippen LogP contribution >= 0.6 is 0 Å². The maximum atomic E-state index is 5.41. The van der Waals surface area contributed by atoms with Crippen molar-refractivity contribution in [2.75, 3.05) is 26.7 Å². The molecule has 2 aliphatic rings. The molecule has 1 aliphatic heterocycles. The minimum Gasteiger partial charge on any atom is -0.497 e. The van der Waals surface area contributed by atoms with Gasteiger partial charge in [0.2, 0.25) is 0 Å². The fraction of sp³-hybridized carbons (Fsp3) is 0.625. The molecule has 1 saturated heterocycles. The molecular weight excluding hydrogens is 236 g/mol. The fourth-order valence-electron chi connectivity index (χ4n) is 3.46. The van der Waals surface area contributed by atoms with E-state index in [-0.39, 0.29) is 0 Å². The summed E-state index contributed by atoms with van der Waals surface area (Å²) in [6, 6.07) is 7.91. The van der Waals surface area contributed by atoms with E-state index in [2.05, 4.69) is 35.3 Å². The molecule has 1 unspecified atom stereocenters. The van der Waals surface area contributed by atoms with Crippen LogP contribution in [0.3, 0.4) is 0 Å². The van der Waals surface area contributed by atoms with Crippen LogP contribution in [0.15, 0.2) is 18.2 Å². The molecule has 1 aliphatic carbocycles. The van der Waals surface area contributed by atoms with Gasteiger partial charge >= 0.3 is 0 Å². The quantitative estimate of drug-likeness (QED) is 0.899. The average molecular weight is 260 g/mol. The number of aryl methyl sites for hydroxylation is 1. The first-order chi connectivity index (χ1) is 9.33. The molecule has 1 fully saturated rings. The smallest absolute Gasteiger partial charge is 0.119 e. The summed E-state index contributed by atoms with van der Waals surface area (Å²) in [5.74, 6) is 0.994. The van der Waals surface area contributed by atoms with Gasteiger partial charge in [0.25, 0.3) is 0 Å². The molecular formula is C16H24N2O. The van der Waals surface area contributed by atoms with Crippen molar-refractivity contribution >= 4 is 0 Å². The Labute approximate surface area is 115 Å². The minimum atomic E-state index is 0.580. The first kappa shape index (κ1) is 12.9. The van der Waals surface area contributed by atoms with Crippen LogP contribution in [-0.4, -0.2) is 37.7 Å². The van der Waals surface area contributed by atoms with Crippen LogP contribution in [0.25, 0.3) is 0 Å². The Hall–Kier alpha value is -1.06. The number of methoxy groups -OCH3 is 1. The highest BCUT2D eigenvalue weighted by atomic mass is 16.5. The highest BCUT2D eigenvalue weighted by Gasteiger charge is 2.32. The fourth-order valence-corrected chi connectivity index (χ4v) is 3.46. The molecule has 0 amide bonds. The summed E-state index contributed by atoms with van der Waals surface area (Å²) in [6.45, 7) is 5.70. The van der Waals surface area contributed by atoms with Crippen LogP contribution in [0.4, 0.5) is 0 Å². The molecule has 1 heterocycles. The largest absolute Gasteiger partial charge is 0.497 e. The molecule has 19 heavy (non-hydrogen) atoms. The van der Waals surface area contributed by atoms with Crippen LogP contribution < -0.4 is 10.1 Å². The summed E-state index contributed by atoms with van der Waals surface area (Å²) in [6.07, 6.45) is 3.81. The number of fused-ring (bicyclic) bond motifs is 1. The summed E-state index contributed by atoms with van der Waals surface area (Å²) < 4.78 is 5.41. The van der Waals surface area contributed by atoms with Crippen LogP contribution in [0.2, 0.25) is 0 Å². The normalized spacial score (nSPS) is 23.0. The molecule has 3 rings (SSSR count). The Bertz CT molecular complexity index is 442. The van der Waals surface area contributed by atoms with Crippen LogP contribution in [0, 0.1) is 0 Å². The summed E-state index contributed by atoms with van der Waals surface area (Å²) in [7, 11) is 1.76. The Morgan fingerprint density at radius 2 is 2.21 bits per heavy atom. The van der Waals surface area contributed by atoms with Gasteiger partial charge in [0, 0.05) is 25.2 Å². The average Bonchev–Trinajstić information content (AvgIpc) is 2.41.